The van der Waals surface area contributed by atoms with Crippen LogP contribution in [0.1, 0.15) is 44.0 Å². The Hall–Kier alpha value is -3.82. The number of aromatic nitrogens is 5. The van der Waals surface area contributed by atoms with Crippen LogP contribution < -0.4 is 10.6 Å². The number of halogens is 3. The van der Waals surface area contributed by atoms with E-state index in [2.05, 4.69) is 47.9 Å². The summed E-state index contributed by atoms with van der Waals surface area (Å²) in [6.45, 7) is 7.56. The molecule has 11 heteroatoms. The number of hydrogen-bond donors (Lipinski definition) is 3. The van der Waals surface area contributed by atoms with Gasteiger partial charge in [-0.3, -0.25) is 4.98 Å². The van der Waals surface area contributed by atoms with Crippen LogP contribution in [0.3, 0.4) is 0 Å². The Kier molecular flexibility index (Phi) is 7.93. The Labute approximate surface area is 194 Å². The van der Waals surface area contributed by atoms with Gasteiger partial charge in [-0.25, -0.2) is 19.9 Å². The second-order valence-corrected chi connectivity index (χ2v) is 7.27. The first-order chi connectivity index (χ1) is 16.2. The van der Waals surface area contributed by atoms with Gasteiger partial charge in [-0.1, -0.05) is 20.4 Å². The molecule has 0 saturated heterocycles. The van der Waals surface area contributed by atoms with Crippen molar-refractivity contribution >= 4 is 11.8 Å². The largest absolute Gasteiger partial charge is 0.434 e. The van der Waals surface area contributed by atoms with Gasteiger partial charge in [-0.15, -0.1) is 5.73 Å². The molecule has 0 saturated carbocycles. The summed E-state index contributed by atoms with van der Waals surface area (Å²) in [5.74, 6) is 0.538. The molecule has 3 aromatic heterocycles. The van der Waals surface area contributed by atoms with Crippen molar-refractivity contribution in [2.45, 2.75) is 45.0 Å². The van der Waals surface area contributed by atoms with Crippen LogP contribution in [0.15, 0.2) is 61.0 Å². The van der Waals surface area contributed by atoms with Crippen molar-refractivity contribution in [3.05, 3.63) is 72.4 Å². The minimum absolute atomic E-state index is 0.0649. The first kappa shape index (κ1) is 24.8. The van der Waals surface area contributed by atoms with Crippen LogP contribution in [0.2, 0.25) is 0 Å². The summed E-state index contributed by atoms with van der Waals surface area (Å²) < 4.78 is 38.7. The lowest BCUT2D eigenvalue weighted by Gasteiger charge is -2.19. The van der Waals surface area contributed by atoms with Crippen molar-refractivity contribution in [2.24, 2.45) is 0 Å². The number of aliphatic hydroxyl groups is 1. The molecule has 3 aromatic rings. The fourth-order valence-corrected chi connectivity index (χ4v) is 3.10. The monoisotopic (exact) mass is 471 g/mol. The predicted octanol–water partition coefficient (Wildman–Crippen LogP) is 4.76. The molecule has 34 heavy (non-hydrogen) atoms. The summed E-state index contributed by atoms with van der Waals surface area (Å²) in [5.41, 5.74) is 3.57. The molecule has 0 aromatic carbocycles. The van der Waals surface area contributed by atoms with Crippen LogP contribution in [0, 0.1) is 0 Å². The number of aliphatic hydroxyl groups excluding tert-OH is 1. The SMILES string of the molecule is C=C=C(Nc1ccc(-c2cncc(C(F)(F)F)n2)cn1)C(CC)c1ccnc(NC(O)CC)n1. The molecule has 0 bridgehead atoms. The van der Waals surface area contributed by atoms with Crippen LogP contribution in [0.4, 0.5) is 24.9 Å². The Bertz CT molecular complexity index is 1160. The molecule has 3 rings (SSSR count). The number of allylic oxidation sites excluding steroid dienone is 1. The topological polar surface area (TPSA) is 109 Å². The van der Waals surface area contributed by atoms with E-state index in [1.165, 1.54) is 12.4 Å². The van der Waals surface area contributed by atoms with Crippen molar-refractivity contribution in [3.8, 4) is 11.3 Å². The van der Waals surface area contributed by atoms with E-state index >= 15 is 0 Å². The van der Waals surface area contributed by atoms with Gasteiger partial charge in [0, 0.05) is 23.9 Å². The van der Waals surface area contributed by atoms with Gasteiger partial charge in [0.1, 0.15) is 12.0 Å². The summed E-state index contributed by atoms with van der Waals surface area (Å²) in [6, 6.07) is 4.98. The molecule has 0 aliphatic carbocycles. The van der Waals surface area contributed by atoms with E-state index in [0.29, 0.717) is 47.8 Å². The minimum atomic E-state index is -4.58. The van der Waals surface area contributed by atoms with Crippen LogP contribution >= 0.6 is 0 Å². The van der Waals surface area contributed by atoms with Crippen molar-refractivity contribution in [1.82, 2.24) is 24.9 Å². The van der Waals surface area contributed by atoms with Crippen molar-refractivity contribution in [2.75, 3.05) is 10.6 Å². The van der Waals surface area contributed by atoms with E-state index in [0.717, 1.165) is 0 Å². The molecule has 8 nitrogen and oxygen atoms in total. The molecule has 0 aliphatic heterocycles. The zero-order valence-electron chi connectivity index (χ0n) is 18.6. The van der Waals surface area contributed by atoms with Crippen LogP contribution in [0.25, 0.3) is 11.3 Å². The molecular weight excluding hydrogens is 447 g/mol. The third kappa shape index (κ3) is 6.15. The highest BCUT2D eigenvalue weighted by atomic mass is 19.4. The molecule has 0 amide bonds. The van der Waals surface area contributed by atoms with E-state index in [9.17, 15) is 18.3 Å². The maximum atomic E-state index is 12.9. The zero-order valence-corrected chi connectivity index (χ0v) is 18.6. The molecular formula is C23H24F3N7O. The van der Waals surface area contributed by atoms with Gasteiger partial charge in [0.25, 0.3) is 0 Å². The first-order valence-electron chi connectivity index (χ1n) is 10.5. The maximum absolute atomic E-state index is 12.9. The summed E-state index contributed by atoms with van der Waals surface area (Å²) in [7, 11) is 0. The number of alkyl halides is 3. The standard InChI is InChI=1S/C23H24F3N7O/c1-4-15(17-9-10-28-22(32-17)33-21(34)6-3)16(5-2)31-20-8-7-14(11-29-20)18-12-27-13-19(30-18)23(24,25)26/h7-13,15,21,34H,2,4,6H2,1,3H3,(H,29,31)(H,28,32,33). The van der Waals surface area contributed by atoms with Gasteiger partial charge < -0.3 is 15.7 Å². The predicted molar refractivity (Wildman–Crippen MR) is 122 cm³/mol. The van der Waals surface area contributed by atoms with Crippen molar-refractivity contribution < 1.29 is 18.3 Å². The lowest BCUT2D eigenvalue weighted by Crippen LogP contribution is -2.20. The molecule has 0 radical (unpaired) electrons. The van der Waals surface area contributed by atoms with Crippen LogP contribution in [-0.4, -0.2) is 36.3 Å². The summed E-state index contributed by atoms with van der Waals surface area (Å²) in [6.07, 6.45) is 0.752. The third-order valence-electron chi connectivity index (χ3n) is 4.91. The van der Waals surface area contributed by atoms with Gasteiger partial charge in [0.2, 0.25) is 5.95 Å². The van der Waals surface area contributed by atoms with Gasteiger partial charge >= 0.3 is 6.18 Å². The third-order valence-corrected chi connectivity index (χ3v) is 4.91. The maximum Gasteiger partial charge on any atom is 0.434 e. The van der Waals surface area contributed by atoms with Crippen molar-refractivity contribution in [1.29, 1.82) is 0 Å². The number of nitrogens with one attached hydrogen (secondary N) is 2. The van der Waals surface area contributed by atoms with Gasteiger partial charge in [-0.2, -0.15) is 13.2 Å². The quantitative estimate of drug-likeness (QED) is 0.303. The Morgan fingerprint density at radius 3 is 2.50 bits per heavy atom. The van der Waals surface area contributed by atoms with E-state index in [1.807, 2.05) is 13.8 Å². The highest BCUT2D eigenvalue weighted by molar-refractivity contribution is 5.59. The van der Waals surface area contributed by atoms with E-state index in [1.54, 1.807) is 24.4 Å². The number of anilines is 2. The molecule has 0 aliphatic rings. The number of pyridine rings is 1. The van der Waals surface area contributed by atoms with E-state index in [4.69, 9.17) is 0 Å². The average molecular weight is 471 g/mol. The fourth-order valence-electron chi connectivity index (χ4n) is 3.10. The summed E-state index contributed by atoms with van der Waals surface area (Å²) in [5, 5.41) is 15.8. The lowest BCUT2D eigenvalue weighted by atomic mass is 9.98. The first-order valence-corrected chi connectivity index (χ1v) is 10.5. The number of nitrogens with zero attached hydrogens (tertiary/aromatic N) is 5. The number of hydrogen-bond acceptors (Lipinski definition) is 8. The molecule has 178 valence electrons. The van der Waals surface area contributed by atoms with Gasteiger partial charge in [-0.05, 0) is 31.0 Å². The Balaban J connectivity index is 1.79. The highest BCUT2D eigenvalue weighted by Gasteiger charge is 2.33. The second kappa shape index (κ2) is 10.9. The van der Waals surface area contributed by atoms with Gasteiger partial charge in [0.05, 0.1) is 29.5 Å². The second-order valence-electron chi connectivity index (χ2n) is 7.27. The average Bonchev–Trinajstić information content (AvgIpc) is 2.84. The van der Waals surface area contributed by atoms with Crippen molar-refractivity contribution in [3.63, 3.8) is 0 Å². The zero-order chi connectivity index (χ0) is 24.7. The molecule has 0 fully saturated rings. The van der Waals surface area contributed by atoms with Gasteiger partial charge in [0.15, 0.2) is 5.69 Å². The van der Waals surface area contributed by atoms with Crippen LogP contribution in [-0.2, 0) is 6.18 Å². The molecule has 2 unspecified atom stereocenters. The normalized spacial score (nSPS) is 13.0. The molecule has 2 atom stereocenters. The van der Waals surface area contributed by atoms with E-state index in [-0.39, 0.29) is 11.6 Å². The number of rotatable bonds is 9. The Morgan fingerprint density at radius 2 is 1.88 bits per heavy atom. The molecule has 0 spiro atoms. The summed E-state index contributed by atoms with van der Waals surface area (Å²) in [4.78, 5) is 20.2. The molecule has 3 N–H and O–H groups in total. The minimum Gasteiger partial charge on any atom is -0.374 e. The summed E-state index contributed by atoms with van der Waals surface area (Å²) >= 11 is 0. The Morgan fingerprint density at radius 1 is 1.09 bits per heavy atom. The smallest absolute Gasteiger partial charge is 0.374 e. The fraction of sp³-hybridized carbons (Fsp3) is 0.304. The lowest BCUT2D eigenvalue weighted by molar-refractivity contribution is -0.141. The van der Waals surface area contributed by atoms with Crippen LogP contribution in [0.5, 0.6) is 0 Å². The highest BCUT2D eigenvalue weighted by Crippen LogP contribution is 2.30. The van der Waals surface area contributed by atoms with E-state index < -0.39 is 18.1 Å². The molecule has 3 heterocycles.